The van der Waals surface area contributed by atoms with Gasteiger partial charge in [0.05, 0.1) is 6.10 Å². The predicted molar refractivity (Wildman–Crippen MR) is 72.4 cm³/mol. The van der Waals surface area contributed by atoms with E-state index < -0.39 is 0 Å². The van der Waals surface area contributed by atoms with Gasteiger partial charge in [0.25, 0.3) is 5.91 Å². The van der Waals surface area contributed by atoms with E-state index in [9.17, 15) is 15.0 Å². The average Bonchev–Trinajstić information content (AvgIpc) is 3.00. The molecule has 1 aliphatic carbocycles. The van der Waals surface area contributed by atoms with Gasteiger partial charge < -0.3 is 19.8 Å². The normalized spacial score (nSPS) is 28.4. The zero-order chi connectivity index (χ0) is 14.1. The minimum Gasteiger partial charge on any atom is -0.504 e. The highest BCUT2D eigenvalue weighted by Crippen LogP contribution is 2.38. The summed E-state index contributed by atoms with van der Waals surface area (Å²) >= 11 is 0. The Kier molecular flexibility index (Phi) is 3.53. The van der Waals surface area contributed by atoms with E-state index in [0.717, 1.165) is 12.8 Å². The van der Waals surface area contributed by atoms with Crippen molar-refractivity contribution in [1.29, 1.82) is 0 Å². The first-order chi connectivity index (χ1) is 9.65. The Hall–Kier alpha value is -1.75. The van der Waals surface area contributed by atoms with E-state index in [-0.39, 0.29) is 30.3 Å². The van der Waals surface area contributed by atoms with Gasteiger partial charge in [-0.2, -0.15) is 0 Å². The number of fused-ring (bicyclic) bond motifs is 1. The number of likely N-dealkylation sites (tertiary alicyclic amines) is 1. The largest absolute Gasteiger partial charge is 0.504 e. The standard InChI is InChI=1S/C15H19NO4/c17-12-6-5-10-7-16(8-11(10)12)15(19)9-20-14-4-2-1-3-13(14)18/h1-4,10-12,17-18H,5-9H2. The van der Waals surface area contributed by atoms with Crippen molar-refractivity contribution in [3.8, 4) is 11.5 Å². The Balaban J connectivity index is 1.55. The molecular weight excluding hydrogens is 258 g/mol. The summed E-state index contributed by atoms with van der Waals surface area (Å²) in [5.74, 6) is 0.923. The Morgan fingerprint density at radius 2 is 2.10 bits per heavy atom. The first-order valence-electron chi connectivity index (χ1n) is 7.02. The fourth-order valence-corrected chi connectivity index (χ4v) is 3.25. The van der Waals surface area contributed by atoms with Crippen LogP contribution in [0.5, 0.6) is 11.5 Å². The molecule has 5 nitrogen and oxygen atoms in total. The number of amides is 1. The molecule has 3 unspecified atom stereocenters. The lowest BCUT2D eigenvalue weighted by atomic mass is 10.00. The van der Waals surface area contributed by atoms with Gasteiger partial charge in [-0.1, -0.05) is 12.1 Å². The number of phenols is 1. The first-order valence-corrected chi connectivity index (χ1v) is 7.02. The lowest BCUT2D eigenvalue weighted by Crippen LogP contribution is -2.34. The quantitative estimate of drug-likeness (QED) is 0.865. The van der Waals surface area contributed by atoms with Gasteiger partial charge in [-0.15, -0.1) is 0 Å². The summed E-state index contributed by atoms with van der Waals surface area (Å²) in [5.41, 5.74) is 0. The Bertz CT molecular complexity index is 504. The molecule has 5 heteroatoms. The number of phenolic OH excluding ortho intramolecular Hbond substituents is 1. The van der Waals surface area contributed by atoms with Crippen LogP contribution in [-0.4, -0.2) is 46.8 Å². The van der Waals surface area contributed by atoms with Crippen molar-refractivity contribution < 1.29 is 19.7 Å². The molecule has 1 aromatic carbocycles. The number of benzene rings is 1. The van der Waals surface area contributed by atoms with Crippen LogP contribution in [0.15, 0.2) is 24.3 Å². The van der Waals surface area contributed by atoms with Crippen molar-refractivity contribution >= 4 is 5.91 Å². The minimum atomic E-state index is -0.267. The monoisotopic (exact) mass is 277 g/mol. The lowest BCUT2D eigenvalue weighted by molar-refractivity contribution is -0.132. The molecule has 1 saturated heterocycles. The number of ether oxygens (including phenoxy) is 1. The summed E-state index contributed by atoms with van der Waals surface area (Å²) in [6.07, 6.45) is 1.58. The van der Waals surface area contributed by atoms with Gasteiger partial charge in [-0.3, -0.25) is 4.79 Å². The number of aliphatic hydroxyl groups is 1. The summed E-state index contributed by atoms with van der Waals surface area (Å²) in [6.45, 7) is 1.26. The van der Waals surface area contributed by atoms with Crippen molar-refractivity contribution in [3.63, 3.8) is 0 Å². The van der Waals surface area contributed by atoms with E-state index in [0.29, 0.717) is 24.8 Å². The molecule has 2 fully saturated rings. The number of hydrogen-bond donors (Lipinski definition) is 2. The second-order valence-electron chi connectivity index (χ2n) is 5.62. The van der Waals surface area contributed by atoms with Gasteiger partial charge in [0, 0.05) is 19.0 Å². The number of para-hydroxylation sites is 2. The summed E-state index contributed by atoms with van der Waals surface area (Å²) in [5, 5.41) is 19.4. The fraction of sp³-hybridized carbons (Fsp3) is 0.533. The molecule has 1 amide bonds. The van der Waals surface area contributed by atoms with Gasteiger partial charge in [0.15, 0.2) is 18.1 Å². The highest BCUT2D eigenvalue weighted by atomic mass is 16.5. The Morgan fingerprint density at radius 3 is 2.85 bits per heavy atom. The maximum Gasteiger partial charge on any atom is 0.260 e. The Morgan fingerprint density at radius 1 is 1.30 bits per heavy atom. The van der Waals surface area contributed by atoms with Crippen molar-refractivity contribution in [1.82, 2.24) is 4.90 Å². The second-order valence-corrected chi connectivity index (χ2v) is 5.62. The molecule has 2 aliphatic rings. The number of aromatic hydroxyl groups is 1. The topological polar surface area (TPSA) is 70.0 Å². The van der Waals surface area contributed by atoms with E-state index in [4.69, 9.17) is 4.74 Å². The maximum absolute atomic E-state index is 12.1. The molecule has 108 valence electrons. The van der Waals surface area contributed by atoms with Crippen LogP contribution in [0, 0.1) is 11.8 Å². The molecule has 20 heavy (non-hydrogen) atoms. The zero-order valence-electron chi connectivity index (χ0n) is 11.2. The lowest BCUT2D eigenvalue weighted by Gasteiger charge is -2.18. The third-order valence-corrected chi connectivity index (χ3v) is 4.39. The van der Waals surface area contributed by atoms with Gasteiger partial charge in [0.2, 0.25) is 0 Å². The summed E-state index contributed by atoms with van der Waals surface area (Å²) < 4.78 is 5.36. The third kappa shape index (κ3) is 2.45. The van der Waals surface area contributed by atoms with Crippen LogP contribution in [0.3, 0.4) is 0 Å². The van der Waals surface area contributed by atoms with E-state index >= 15 is 0 Å². The highest BCUT2D eigenvalue weighted by molar-refractivity contribution is 5.78. The van der Waals surface area contributed by atoms with Crippen molar-refractivity contribution in [2.45, 2.75) is 18.9 Å². The van der Waals surface area contributed by atoms with E-state index in [1.807, 2.05) is 0 Å². The molecule has 2 N–H and O–H groups in total. The maximum atomic E-state index is 12.1. The van der Waals surface area contributed by atoms with Crippen LogP contribution in [0.1, 0.15) is 12.8 Å². The van der Waals surface area contributed by atoms with Crippen LogP contribution in [0.4, 0.5) is 0 Å². The number of hydrogen-bond acceptors (Lipinski definition) is 4. The average molecular weight is 277 g/mol. The van der Waals surface area contributed by atoms with Gasteiger partial charge in [0.1, 0.15) is 0 Å². The molecule has 3 atom stereocenters. The van der Waals surface area contributed by atoms with E-state index in [2.05, 4.69) is 0 Å². The number of carbonyl (C=O) groups excluding carboxylic acids is 1. The molecule has 1 aliphatic heterocycles. The van der Waals surface area contributed by atoms with Crippen molar-refractivity contribution in [3.05, 3.63) is 24.3 Å². The SMILES string of the molecule is O=C(COc1ccccc1O)N1CC2CCC(O)C2C1. The van der Waals surface area contributed by atoms with Gasteiger partial charge >= 0.3 is 0 Å². The molecule has 0 aromatic heterocycles. The molecule has 1 saturated carbocycles. The predicted octanol–water partition coefficient (Wildman–Crippen LogP) is 1.00. The van der Waals surface area contributed by atoms with Gasteiger partial charge in [-0.05, 0) is 30.9 Å². The second kappa shape index (κ2) is 5.32. The molecule has 0 bridgehead atoms. The zero-order valence-corrected chi connectivity index (χ0v) is 11.2. The Labute approximate surface area is 117 Å². The minimum absolute atomic E-state index is 0.0361. The van der Waals surface area contributed by atoms with E-state index in [1.54, 1.807) is 23.1 Å². The molecule has 1 aromatic rings. The molecule has 0 spiro atoms. The first kappa shape index (κ1) is 13.2. The molecule has 1 heterocycles. The highest BCUT2D eigenvalue weighted by Gasteiger charge is 2.43. The van der Waals surface area contributed by atoms with Crippen LogP contribution >= 0.6 is 0 Å². The van der Waals surface area contributed by atoms with Crippen LogP contribution in [-0.2, 0) is 4.79 Å². The number of carbonyl (C=O) groups is 1. The van der Waals surface area contributed by atoms with E-state index in [1.165, 1.54) is 6.07 Å². The van der Waals surface area contributed by atoms with Gasteiger partial charge in [-0.25, -0.2) is 0 Å². The van der Waals surface area contributed by atoms with Crippen LogP contribution < -0.4 is 4.74 Å². The summed E-state index contributed by atoms with van der Waals surface area (Å²) in [4.78, 5) is 13.9. The summed E-state index contributed by atoms with van der Waals surface area (Å²) in [6, 6.07) is 6.60. The molecule has 0 radical (unpaired) electrons. The third-order valence-electron chi connectivity index (χ3n) is 4.39. The van der Waals surface area contributed by atoms with Crippen LogP contribution in [0.2, 0.25) is 0 Å². The smallest absolute Gasteiger partial charge is 0.260 e. The van der Waals surface area contributed by atoms with Crippen LogP contribution in [0.25, 0.3) is 0 Å². The molecule has 3 rings (SSSR count). The van der Waals surface area contributed by atoms with Crippen molar-refractivity contribution in [2.24, 2.45) is 11.8 Å². The number of rotatable bonds is 3. The van der Waals surface area contributed by atoms with Crippen molar-refractivity contribution in [2.75, 3.05) is 19.7 Å². The number of nitrogens with zero attached hydrogens (tertiary/aromatic N) is 1. The number of aliphatic hydroxyl groups excluding tert-OH is 1. The summed E-state index contributed by atoms with van der Waals surface area (Å²) in [7, 11) is 0. The molecular formula is C15H19NO4. The fourth-order valence-electron chi connectivity index (χ4n) is 3.25.